The lowest BCUT2D eigenvalue weighted by Gasteiger charge is -2.26. The molecule has 1 heterocycles. The predicted molar refractivity (Wildman–Crippen MR) is 152 cm³/mol. The second-order valence-corrected chi connectivity index (χ2v) is 10.4. The number of carbonyl (C=O) groups excluding carboxylic acids is 3. The number of alkyl halides is 3. The molecule has 2 amide bonds. The van der Waals surface area contributed by atoms with Crippen molar-refractivity contribution in [2.75, 3.05) is 29.1 Å². The lowest BCUT2D eigenvalue weighted by Crippen LogP contribution is -2.28. The summed E-state index contributed by atoms with van der Waals surface area (Å²) in [5.41, 5.74) is -0.672. The van der Waals surface area contributed by atoms with Crippen molar-refractivity contribution in [3.05, 3.63) is 72.1 Å². The molecule has 1 aromatic heterocycles. The molecule has 2 N–H and O–H groups in total. The summed E-state index contributed by atoms with van der Waals surface area (Å²) in [6, 6.07) is 12.1. The fraction of sp³-hybridized carbons (Fsp3) is 0.333. The van der Waals surface area contributed by atoms with E-state index < -0.39 is 41.5 Å². The molecule has 0 aliphatic heterocycles. The Hall–Kier alpha value is -4.41. The van der Waals surface area contributed by atoms with E-state index in [0.717, 1.165) is 23.3 Å². The van der Waals surface area contributed by atoms with Crippen molar-refractivity contribution in [2.45, 2.75) is 52.3 Å². The molecular weight excluding hydrogens is 537 g/mol. The van der Waals surface area contributed by atoms with Crippen LogP contribution < -0.4 is 15.5 Å². The standard InChI is InChI=1S/C30H33F3N4O4/c1-6-14-37(5)25-17-24(36-28(40)41-29(2,3)4)23(16-22(25)30(31,32)33)35-27(39)18-26(38)21-9-7-8-20(15-21)19-10-12-34-13-11-19/h7-13,15-17H,6,14,18H2,1-5H3,(H,35,39)(H,36,40). The number of ketones is 1. The van der Waals surface area contributed by atoms with Gasteiger partial charge < -0.3 is 15.0 Å². The molecule has 3 aromatic rings. The molecule has 0 saturated heterocycles. The Morgan fingerprint density at radius 1 is 0.927 bits per heavy atom. The van der Waals surface area contributed by atoms with Crippen LogP contribution in [0.2, 0.25) is 0 Å². The van der Waals surface area contributed by atoms with Crippen LogP contribution in [0.5, 0.6) is 0 Å². The largest absolute Gasteiger partial charge is 0.444 e. The fourth-order valence-corrected chi connectivity index (χ4v) is 4.07. The van der Waals surface area contributed by atoms with Crippen LogP contribution in [0, 0.1) is 0 Å². The molecule has 0 saturated carbocycles. The van der Waals surface area contributed by atoms with Crippen LogP contribution in [0.1, 0.15) is 56.5 Å². The number of amides is 2. The second-order valence-electron chi connectivity index (χ2n) is 10.4. The summed E-state index contributed by atoms with van der Waals surface area (Å²) in [5.74, 6) is -1.38. The number of nitrogens with one attached hydrogen (secondary N) is 2. The Kier molecular flexibility index (Phi) is 9.75. The van der Waals surface area contributed by atoms with Gasteiger partial charge in [-0.15, -0.1) is 0 Å². The molecule has 3 rings (SSSR count). The minimum Gasteiger partial charge on any atom is -0.444 e. The Labute approximate surface area is 236 Å². The van der Waals surface area contributed by atoms with E-state index in [1.165, 1.54) is 11.9 Å². The van der Waals surface area contributed by atoms with Crippen molar-refractivity contribution in [3.63, 3.8) is 0 Å². The zero-order valence-corrected chi connectivity index (χ0v) is 23.6. The van der Waals surface area contributed by atoms with E-state index in [9.17, 15) is 27.6 Å². The number of ether oxygens (including phenoxy) is 1. The summed E-state index contributed by atoms with van der Waals surface area (Å²) in [6.45, 7) is 7.04. The third-order valence-corrected chi connectivity index (χ3v) is 5.84. The molecule has 2 aromatic carbocycles. The normalized spacial score (nSPS) is 11.5. The molecule has 0 aliphatic carbocycles. The molecule has 0 atom stereocenters. The van der Waals surface area contributed by atoms with E-state index in [1.807, 2.05) is 6.92 Å². The molecule has 0 aliphatic rings. The molecule has 0 spiro atoms. The number of halogens is 3. The van der Waals surface area contributed by atoms with E-state index in [1.54, 1.807) is 69.6 Å². The molecule has 0 unspecified atom stereocenters. The molecule has 218 valence electrons. The average Bonchev–Trinajstić information content (AvgIpc) is 2.88. The highest BCUT2D eigenvalue weighted by atomic mass is 19.4. The van der Waals surface area contributed by atoms with Crippen molar-refractivity contribution < 1.29 is 32.3 Å². The van der Waals surface area contributed by atoms with Gasteiger partial charge in [-0.25, -0.2) is 4.79 Å². The molecule has 0 radical (unpaired) electrons. The maximum Gasteiger partial charge on any atom is 0.418 e. The Balaban J connectivity index is 1.92. The summed E-state index contributed by atoms with van der Waals surface area (Å²) in [6.07, 6.45) is -2.51. The lowest BCUT2D eigenvalue weighted by atomic mass is 10.0. The monoisotopic (exact) mass is 570 g/mol. The van der Waals surface area contributed by atoms with Gasteiger partial charge in [-0.1, -0.05) is 25.1 Å². The minimum absolute atomic E-state index is 0.106. The van der Waals surface area contributed by atoms with Crippen molar-refractivity contribution in [1.29, 1.82) is 0 Å². The van der Waals surface area contributed by atoms with Gasteiger partial charge in [0.05, 0.1) is 29.0 Å². The number of Topliss-reactive ketones (excluding diaryl/α,β-unsaturated/α-hetero) is 1. The molecule has 8 nitrogen and oxygen atoms in total. The zero-order chi connectivity index (χ0) is 30.4. The van der Waals surface area contributed by atoms with Crippen LogP contribution >= 0.6 is 0 Å². The van der Waals surface area contributed by atoms with Crippen molar-refractivity contribution in [1.82, 2.24) is 4.98 Å². The topological polar surface area (TPSA) is 101 Å². The number of hydrogen-bond donors (Lipinski definition) is 2. The van der Waals surface area contributed by atoms with Crippen LogP contribution in [-0.2, 0) is 15.7 Å². The third-order valence-electron chi connectivity index (χ3n) is 5.84. The first-order chi connectivity index (χ1) is 19.2. The van der Waals surface area contributed by atoms with Crippen molar-refractivity contribution in [2.24, 2.45) is 0 Å². The van der Waals surface area contributed by atoms with Gasteiger partial charge in [0, 0.05) is 31.5 Å². The summed E-state index contributed by atoms with van der Waals surface area (Å²) in [5, 5.41) is 4.82. The highest BCUT2D eigenvalue weighted by Crippen LogP contribution is 2.41. The van der Waals surface area contributed by atoms with Gasteiger partial charge in [0.2, 0.25) is 5.91 Å². The highest BCUT2D eigenvalue weighted by molar-refractivity contribution is 6.12. The van der Waals surface area contributed by atoms with Gasteiger partial charge in [-0.3, -0.25) is 19.9 Å². The van der Waals surface area contributed by atoms with E-state index in [-0.39, 0.29) is 22.6 Å². The quantitative estimate of drug-likeness (QED) is 0.209. The first-order valence-electron chi connectivity index (χ1n) is 13.0. The van der Waals surface area contributed by atoms with Gasteiger partial charge in [0.1, 0.15) is 5.60 Å². The maximum atomic E-state index is 14.1. The third kappa shape index (κ3) is 8.79. The smallest absolute Gasteiger partial charge is 0.418 e. The Bertz CT molecular complexity index is 1400. The van der Waals surface area contributed by atoms with Crippen LogP contribution in [0.4, 0.5) is 35.0 Å². The number of rotatable bonds is 9. The van der Waals surface area contributed by atoms with Gasteiger partial charge in [0.15, 0.2) is 5.78 Å². The number of carbonyl (C=O) groups is 3. The summed E-state index contributed by atoms with van der Waals surface area (Å²) in [4.78, 5) is 43.8. The molecule has 0 fully saturated rings. The van der Waals surface area contributed by atoms with Crippen LogP contribution in [0.15, 0.2) is 60.9 Å². The summed E-state index contributed by atoms with van der Waals surface area (Å²) < 4.78 is 47.5. The lowest BCUT2D eigenvalue weighted by molar-refractivity contribution is -0.137. The molecular formula is C30H33F3N4O4. The average molecular weight is 571 g/mol. The molecule has 11 heteroatoms. The Morgan fingerprint density at radius 2 is 1.59 bits per heavy atom. The number of hydrogen-bond acceptors (Lipinski definition) is 6. The van der Waals surface area contributed by atoms with Crippen LogP contribution in [-0.4, -0.2) is 42.0 Å². The zero-order valence-electron chi connectivity index (χ0n) is 23.6. The van der Waals surface area contributed by atoms with Crippen molar-refractivity contribution >= 4 is 34.8 Å². The van der Waals surface area contributed by atoms with E-state index >= 15 is 0 Å². The molecule has 41 heavy (non-hydrogen) atoms. The van der Waals surface area contributed by atoms with E-state index in [2.05, 4.69) is 15.6 Å². The van der Waals surface area contributed by atoms with Gasteiger partial charge in [-0.05, 0) is 68.7 Å². The van der Waals surface area contributed by atoms with Gasteiger partial charge >= 0.3 is 12.3 Å². The highest BCUT2D eigenvalue weighted by Gasteiger charge is 2.36. The van der Waals surface area contributed by atoms with E-state index in [0.29, 0.717) is 13.0 Å². The number of aromatic nitrogens is 1. The Morgan fingerprint density at radius 3 is 2.20 bits per heavy atom. The first-order valence-corrected chi connectivity index (χ1v) is 13.0. The van der Waals surface area contributed by atoms with Gasteiger partial charge in [0.25, 0.3) is 0 Å². The number of pyridine rings is 1. The summed E-state index contributed by atoms with van der Waals surface area (Å²) >= 11 is 0. The fourth-order valence-electron chi connectivity index (χ4n) is 4.07. The maximum absolute atomic E-state index is 14.1. The van der Waals surface area contributed by atoms with E-state index in [4.69, 9.17) is 4.74 Å². The van der Waals surface area contributed by atoms with Gasteiger partial charge in [-0.2, -0.15) is 13.2 Å². The van der Waals surface area contributed by atoms with Crippen LogP contribution in [0.25, 0.3) is 11.1 Å². The minimum atomic E-state index is -4.76. The van der Waals surface area contributed by atoms with Crippen molar-refractivity contribution in [3.8, 4) is 11.1 Å². The predicted octanol–water partition coefficient (Wildman–Crippen LogP) is 7.17. The number of nitrogens with zero attached hydrogens (tertiary/aromatic N) is 2. The number of anilines is 3. The SMILES string of the molecule is CCCN(C)c1cc(NC(=O)OC(C)(C)C)c(NC(=O)CC(=O)c2cccc(-c3ccncc3)c2)cc1C(F)(F)F. The first kappa shape index (κ1) is 31.1. The number of benzene rings is 2. The molecule has 0 bridgehead atoms. The van der Waals surface area contributed by atoms with Crippen LogP contribution in [0.3, 0.4) is 0 Å². The summed E-state index contributed by atoms with van der Waals surface area (Å²) in [7, 11) is 1.50. The second kappa shape index (κ2) is 12.8.